The lowest BCUT2D eigenvalue weighted by Gasteiger charge is -2.27. The number of fused-ring (bicyclic) bond motifs is 2. The van der Waals surface area contributed by atoms with Gasteiger partial charge in [-0.05, 0) is 36.8 Å². The van der Waals surface area contributed by atoms with E-state index in [-0.39, 0.29) is 0 Å². The lowest BCUT2D eigenvalue weighted by molar-refractivity contribution is -0.378. The van der Waals surface area contributed by atoms with Crippen LogP contribution in [0.25, 0.3) is 0 Å². The highest BCUT2D eigenvalue weighted by atomic mass is 16.9. The molecule has 0 bridgehead atoms. The zero-order valence-electron chi connectivity index (χ0n) is 13.1. The minimum Gasteiger partial charge on any atom is -0.609 e. The van der Waals surface area contributed by atoms with Crippen LogP contribution >= 0.6 is 0 Å². The second-order valence-corrected chi connectivity index (χ2v) is 5.52. The molecule has 1 N–H and O–H groups in total. The number of aryl methyl sites for hydroxylation is 1. The Balaban J connectivity index is 0.000000177. The summed E-state index contributed by atoms with van der Waals surface area (Å²) in [5, 5.41) is 0. The number of rotatable bonds is 0. The first-order valence-corrected chi connectivity index (χ1v) is 7.74. The number of aromatic amines is 1. The second kappa shape index (κ2) is 5.81. The molecule has 0 unspecified atom stereocenters. The van der Waals surface area contributed by atoms with E-state index in [1.807, 2.05) is 73.1 Å². The van der Waals surface area contributed by atoms with E-state index in [1.165, 1.54) is 5.56 Å². The fourth-order valence-corrected chi connectivity index (χ4v) is 2.53. The Labute approximate surface area is 139 Å². The van der Waals surface area contributed by atoms with Gasteiger partial charge < -0.3 is 18.6 Å². The molecule has 0 saturated heterocycles. The average molecular weight is 321 g/mol. The molecule has 0 radical (unpaired) electrons. The van der Waals surface area contributed by atoms with Crippen molar-refractivity contribution in [3.8, 4) is 23.0 Å². The third-order valence-electron chi connectivity index (χ3n) is 3.67. The van der Waals surface area contributed by atoms with Gasteiger partial charge >= 0.3 is 6.96 Å². The first-order valence-electron chi connectivity index (χ1n) is 7.74. The van der Waals surface area contributed by atoms with Crippen LogP contribution in [0.5, 0.6) is 23.0 Å². The van der Waals surface area contributed by atoms with Crippen LogP contribution in [0.3, 0.4) is 0 Å². The van der Waals surface area contributed by atoms with E-state index in [2.05, 4.69) is 11.9 Å². The van der Waals surface area contributed by atoms with Gasteiger partial charge in [0.25, 0.3) is 0 Å². The molecule has 1 aromatic heterocycles. The first-order chi connectivity index (χ1) is 11.7. The molecule has 0 fully saturated rings. The van der Waals surface area contributed by atoms with E-state index in [0.717, 1.165) is 0 Å². The van der Waals surface area contributed by atoms with Crippen LogP contribution in [0.1, 0.15) is 5.56 Å². The molecule has 3 heterocycles. The van der Waals surface area contributed by atoms with Crippen molar-refractivity contribution in [3.63, 3.8) is 0 Å². The zero-order chi connectivity index (χ0) is 16.4. The quantitative estimate of drug-likeness (QED) is 0.597. The molecule has 0 saturated carbocycles. The third kappa shape index (κ3) is 2.74. The number of pyridine rings is 1. The Bertz CT molecular complexity index is 749. The van der Waals surface area contributed by atoms with Crippen LogP contribution in [-0.2, 0) is 0 Å². The van der Waals surface area contributed by atoms with E-state index < -0.39 is 6.96 Å². The number of hydrogen-bond acceptors (Lipinski definition) is 4. The summed E-state index contributed by atoms with van der Waals surface area (Å²) in [5.41, 5.74) is 1.29. The van der Waals surface area contributed by atoms with Crippen LogP contribution in [0.2, 0.25) is 0 Å². The van der Waals surface area contributed by atoms with Crippen molar-refractivity contribution in [2.45, 2.75) is 6.92 Å². The number of aromatic nitrogens is 1. The molecular weight excluding hydrogens is 305 g/mol. The highest BCUT2D eigenvalue weighted by Gasteiger charge is 2.51. The van der Waals surface area contributed by atoms with Gasteiger partial charge in [-0.1, -0.05) is 24.3 Å². The molecule has 24 heavy (non-hydrogen) atoms. The number of nitrogens with one attached hydrogen (secondary N) is 1. The summed E-state index contributed by atoms with van der Waals surface area (Å²) in [6.45, 7) is -0.143. The van der Waals surface area contributed by atoms with Crippen LogP contribution < -0.4 is 23.6 Å². The Morgan fingerprint density at radius 3 is 1.29 bits per heavy atom. The van der Waals surface area contributed by atoms with Gasteiger partial charge in [-0.25, -0.2) is 4.98 Å². The standard InChI is InChI=1S/C12H8BO4.C6H7N/c1-2-6-10-9(5-1)14-13(15-10)16-11-7-3-4-8-12(11)17-13;1-6-2-4-7-5-3-6/h1-8H;2-5H,1H3/q-1;/p+1. The molecule has 5 rings (SSSR count). The number of H-pyrrole nitrogens is 1. The number of para-hydroxylation sites is 4. The normalized spacial score (nSPS) is 14.9. The smallest absolute Gasteiger partial charge is 0.609 e. The molecule has 5 nitrogen and oxygen atoms in total. The summed E-state index contributed by atoms with van der Waals surface area (Å²) in [6, 6.07) is 18.8. The van der Waals surface area contributed by atoms with Crippen LogP contribution in [0.15, 0.2) is 73.1 Å². The Kier molecular flexibility index (Phi) is 3.50. The van der Waals surface area contributed by atoms with Crippen molar-refractivity contribution in [3.05, 3.63) is 78.6 Å². The van der Waals surface area contributed by atoms with Gasteiger partial charge in [0.1, 0.15) is 23.0 Å². The van der Waals surface area contributed by atoms with Gasteiger partial charge in [-0.2, -0.15) is 0 Å². The monoisotopic (exact) mass is 321 g/mol. The van der Waals surface area contributed by atoms with Gasteiger partial charge in [0, 0.05) is 12.1 Å². The van der Waals surface area contributed by atoms with Crippen molar-refractivity contribution >= 4 is 6.96 Å². The van der Waals surface area contributed by atoms with E-state index in [1.54, 1.807) is 0 Å². The highest BCUT2D eigenvalue weighted by molar-refractivity contribution is 6.59. The predicted octanol–water partition coefficient (Wildman–Crippen LogP) is 3.17. The van der Waals surface area contributed by atoms with Crippen LogP contribution in [-0.4, -0.2) is 6.96 Å². The number of benzene rings is 2. The third-order valence-corrected chi connectivity index (χ3v) is 3.67. The topological polar surface area (TPSA) is 51.1 Å². The van der Waals surface area contributed by atoms with Gasteiger partial charge in [0.15, 0.2) is 12.4 Å². The van der Waals surface area contributed by atoms with Crippen molar-refractivity contribution in [1.82, 2.24) is 0 Å². The van der Waals surface area contributed by atoms with Gasteiger partial charge in [0.2, 0.25) is 0 Å². The summed E-state index contributed by atoms with van der Waals surface area (Å²) in [4.78, 5) is 2.93. The average Bonchev–Trinajstić information content (AvgIpc) is 3.14. The van der Waals surface area contributed by atoms with Gasteiger partial charge in [0.05, 0.1) is 0 Å². The maximum atomic E-state index is 5.63. The van der Waals surface area contributed by atoms with Crippen molar-refractivity contribution in [2.75, 3.05) is 0 Å². The molecule has 6 heteroatoms. The van der Waals surface area contributed by atoms with Gasteiger partial charge in [-0.15, -0.1) is 0 Å². The van der Waals surface area contributed by atoms with Gasteiger partial charge in [-0.3, -0.25) is 0 Å². The summed E-state index contributed by atoms with van der Waals surface area (Å²) >= 11 is 0. The van der Waals surface area contributed by atoms with Crippen LogP contribution in [0, 0.1) is 6.92 Å². The summed E-state index contributed by atoms with van der Waals surface area (Å²) in [5.74, 6) is 2.56. The predicted molar refractivity (Wildman–Crippen MR) is 88.9 cm³/mol. The van der Waals surface area contributed by atoms with Crippen molar-refractivity contribution < 1.29 is 23.6 Å². The Morgan fingerprint density at radius 2 is 1.00 bits per heavy atom. The van der Waals surface area contributed by atoms with Crippen molar-refractivity contribution in [1.29, 1.82) is 0 Å². The SMILES string of the molecule is Cc1cc[nH+]cc1.c1ccc2c(c1)O[B-]1(O2)Oc2ccccc2O1. The minimum absolute atomic E-state index is 0.639. The van der Waals surface area contributed by atoms with E-state index in [9.17, 15) is 0 Å². The molecule has 1 spiro atoms. The molecule has 2 aliphatic heterocycles. The summed E-state index contributed by atoms with van der Waals surface area (Å²) in [7, 11) is 0. The maximum absolute atomic E-state index is 5.63. The first kappa shape index (κ1) is 14.4. The lowest BCUT2D eigenvalue weighted by atomic mass is 10.1. The minimum atomic E-state index is -2.21. The highest BCUT2D eigenvalue weighted by Crippen LogP contribution is 2.44. The van der Waals surface area contributed by atoms with Crippen molar-refractivity contribution in [2.24, 2.45) is 0 Å². The molecule has 3 aromatic rings. The van der Waals surface area contributed by atoms with Crippen LogP contribution in [0.4, 0.5) is 0 Å². The fraction of sp³-hybridized carbons (Fsp3) is 0.0556. The molecule has 2 aromatic carbocycles. The van der Waals surface area contributed by atoms with E-state index in [4.69, 9.17) is 18.6 Å². The summed E-state index contributed by atoms with van der Waals surface area (Å²) < 4.78 is 22.5. The zero-order valence-corrected chi connectivity index (χ0v) is 13.1. The Morgan fingerprint density at radius 1 is 0.625 bits per heavy atom. The second-order valence-electron chi connectivity index (χ2n) is 5.52. The van der Waals surface area contributed by atoms with E-state index >= 15 is 0 Å². The fourth-order valence-electron chi connectivity index (χ4n) is 2.53. The summed E-state index contributed by atoms with van der Waals surface area (Å²) in [6.07, 6.45) is 3.82. The number of hydrogen-bond donors (Lipinski definition) is 0. The van der Waals surface area contributed by atoms with E-state index in [0.29, 0.717) is 23.0 Å². The molecule has 0 aliphatic carbocycles. The molecule has 2 aliphatic rings. The largest absolute Gasteiger partial charge is 0.777 e. The molecule has 120 valence electrons. The molecule has 0 amide bonds. The molecular formula is C18H16BNO4. The lowest BCUT2D eigenvalue weighted by Crippen LogP contribution is -2.54. The molecule has 0 atom stereocenters. The Hall–Kier alpha value is -3.15. The maximum Gasteiger partial charge on any atom is 0.777 e.